The molecule has 4 nitrogen and oxygen atoms in total. The van der Waals surface area contributed by atoms with E-state index >= 15 is 0 Å². The lowest BCUT2D eigenvalue weighted by Crippen LogP contribution is -2.38. The van der Waals surface area contributed by atoms with Crippen LogP contribution in [0.15, 0.2) is 18.2 Å². The highest BCUT2D eigenvalue weighted by Gasteiger charge is 2.29. The van der Waals surface area contributed by atoms with E-state index in [2.05, 4.69) is 19.2 Å². The Morgan fingerprint density at radius 2 is 2.15 bits per heavy atom. The molecule has 0 bridgehead atoms. The molecule has 1 saturated carbocycles. The van der Waals surface area contributed by atoms with Gasteiger partial charge in [-0.25, -0.2) is 0 Å². The molecule has 0 radical (unpaired) electrons. The van der Waals surface area contributed by atoms with Crippen LogP contribution in [0.4, 0.5) is 5.69 Å². The number of hydrogen-bond acceptors (Lipinski definition) is 2. The number of hydrogen-bond donors (Lipinski definition) is 1. The van der Waals surface area contributed by atoms with E-state index < -0.39 is 0 Å². The Hall–Kier alpha value is -1.84. The normalized spacial score (nSPS) is 17.1. The Morgan fingerprint density at radius 3 is 2.80 bits per heavy atom. The summed E-state index contributed by atoms with van der Waals surface area (Å²) in [5.74, 6) is 0.745. The van der Waals surface area contributed by atoms with E-state index in [1.165, 1.54) is 12.8 Å². The first-order chi connectivity index (χ1) is 9.54. The van der Waals surface area contributed by atoms with Crippen LogP contribution in [0.5, 0.6) is 0 Å². The highest BCUT2D eigenvalue weighted by Crippen LogP contribution is 2.31. The Bertz CT molecular complexity index is 562. The number of carbonyl (C=O) groups excluding carboxylic acids is 2. The van der Waals surface area contributed by atoms with Gasteiger partial charge in [-0.15, -0.1) is 0 Å². The van der Waals surface area contributed by atoms with Crippen LogP contribution in [0.3, 0.4) is 0 Å². The summed E-state index contributed by atoms with van der Waals surface area (Å²) in [6, 6.07) is 5.73. The van der Waals surface area contributed by atoms with Gasteiger partial charge in [0.2, 0.25) is 5.91 Å². The summed E-state index contributed by atoms with van der Waals surface area (Å²) in [6.07, 6.45) is 2.88. The third kappa shape index (κ3) is 2.55. The zero-order chi connectivity index (χ0) is 14.3. The van der Waals surface area contributed by atoms with E-state index in [4.69, 9.17) is 0 Å². The minimum absolute atomic E-state index is 0.00305. The van der Waals surface area contributed by atoms with Gasteiger partial charge in [0.1, 0.15) is 0 Å². The van der Waals surface area contributed by atoms with Crippen molar-refractivity contribution in [2.45, 2.75) is 39.2 Å². The third-order valence-electron chi connectivity index (χ3n) is 4.02. The van der Waals surface area contributed by atoms with Crippen LogP contribution in [-0.2, 0) is 11.2 Å². The fourth-order valence-corrected chi connectivity index (χ4v) is 2.62. The van der Waals surface area contributed by atoms with Crippen LogP contribution in [-0.4, -0.2) is 29.3 Å². The van der Waals surface area contributed by atoms with Gasteiger partial charge in [-0.2, -0.15) is 0 Å². The monoisotopic (exact) mass is 272 g/mol. The SMILES string of the molecule is CC(C)N(CC1CC1)C(=O)c1ccc2c(c1)NC(=O)C2. The Labute approximate surface area is 119 Å². The van der Waals surface area contributed by atoms with E-state index in [9.17, 15) is 9.59 Å². The standard InChI is InChI=1S/C16H20N2O2/c1-10(2)18(9-11-3-4-11)16(20)13-6-5-12-8-15(19)17-14(12)7-13/h5-7,10-11H,3-4,8-9H2,1-2H3,(H,17,19). The first-order valence-electron chi connectivity index (χ1n) is 7.28. The molecule has 2 amide bonds. The van der Waals surface area contributed by atoms with Gasteiger partial charge >= 0.3 is 0 Å². The lowest BCUT2D eigenvalue weighted by Gasteiger charge is -2.27. The molecular formula is C16H20N2O2. The largest absolute Gasteiger partial charge is 0.336 e. The molecule has 0 atom stereocenters. The van der Waals surface area contributed by atoms with Crippen molar-refractivity contribution in [3.05, 3.63) is 29.3 Å². The van der Waals surface area contributed by atoms with Gasteiger partial charge in [0, 0.05) is 23.8 Å². The maximum atomic E-state index is 12.6. The van der Waals surface area contributed by atoms with Gasteiger partial charge in [0.25, 0.3) is 5.91 Å². The molecule has 0 aromatic heterocycles. The van der Waals surface area contributed by atoms with Crippen molar-refractivity contribution >= 4 is 17.5 Å². The van der Waals surface area contributed by atoms with Crippen LogP contribution in [0.2, 0.25) is 0 Å². The Balaban J connectivity index is 1.82. The fraction of sp³-hybridized carbons (Fsp3) is 0.500. The van der Waals surface area contributed by atoms with Crippen LogP contribution in [0.25, 0.3) is 0 Å². The zero-order valence-electron chi connectivity index (χ0n) is 12.0. The van der Waals surface area contributed by atoms with Gasteiger partial charge in [0.05, 0.1) is 6.42 Å². The first-order valence-corrected chi connectivity index (χ1v) is 7.28. The van der Waals surface area contributed by atoms with Crippen molar-refractivity contribution in [2.75, 3.05) is 11.9 Å². The fourth-order valence-electron chi connectivity index (χ4n) is 2.62. The van der Waals surface area contributed by atoms with Crippen LogP contribution >= 0.6 is 0 Å². The number of anilines is 1. The molecule has 1 aromatic rings. The lowest BCUT2D eigenvalue weighted by atomic mass is 10.1. The topological polar surface area (TPSA) is 49.4 Å². The predicted octanol–water partition coefficient (Wildman–Crippen LogP) is 2.44. The molecule has 1 aliphatic heterocycles. The summed E-state index contributed by atoms with van der Waals surface area (Å²) in [4.78, 5) is 26.0. The number of nitrogens with one attached hydrogen (secondary N) is 1. The lowest BCUT2D eigenvalue weighted by molar-refractivity contribution is -0.115. The third-order valence-corrected chi connectivity index (χ3v) is 4.02. The predicted molar refractivity (Wildman–Crippen MR) is 77.7 cm³/mol. The van der Waals surface area contributed by atoms with E-state index in [1.807, 2.05) is 23.1 Å². The van der Waals surface area contributed by atoms with Crippen LogP contribution in [0, 0.1) is 5.92 Å². The summed E-state index contributed by atoms with van der Waals surface area (Å²) < 4.78 is 0. The molecule has 106 valence electrons. The molecule has 0 unspecified atom stereocenters. The molecule has 0 spiro atoms. The quantitative estimate of drug-likeness (QED) is 0.915. The van der Waals surface area contributed by atoms with Gasteiger partial charge < -0.3 is 10.2 Å². The maximum absolute atomic E-state index is 12.6. The van der Waals surface area contributed by atoms with E-state index in [0.717, 1.165) is 17.8 Å². The minimum atomic E-state index is 0.00305. The number of rotatable bonds is 4. The summed E-state index contributed by atoms with van der Waals surface area (Å²) in [7, 11) is 0. The minimum Gasteiger partial charge on any atom is -0.336 e. The molecule has 3 rings (SSSR count). The second-order valence-electron chi connectivity index (χ2n) is 6.09. The Morgan fingerprint density at radius 1 is 1.40 bits per heavy atom. The maximum Gasteiger partial charge on any atom is 0.254 e. The number of nitrogens with zero attached hydrogens (tertiary/aromatic N) is 1. The first kappa shape index (κ1) is 13.2. The number of benzene rings is 1. The molecule has 20 heavy (non-hydrogen) atoms. The van der Waals surface area contributed by atoms with E-state index in [0.29, 0.717) is 17.9 Å². The summed E-state index contributed by atoms with van der Waals surface area (Å²) in [5, 5.41) is 2.80. The molecule has 1 heterocycles. The molecular weight excluding hydrogens is 252 g/mol. The number of fused-ring (bicyclic) bond motifs is 1. The second kappa shape index (κ2) is 4.93. The van der Waals surface area contributed by atoms with Crippen molar-refractivity contribution in [3.8, 4) is 0 Å². The van der Waals surface area contributed by atoms with Gasteiger partial charge in [-0.05, 0) is 50.3 Å². The van der Waals surface area contributed by atoms with Crippen molar-refractivity contribution < 1.29 is 9.59 Å². The highest BCUT2D eigenvalue weighted by molar-refractivity contribution is 6.02. The number of amides is 2. The molecule has 2 aliphatic rings. The van der Waals surface area contributed by atoms with E-state index in [-0.39, 0.29) is 17.9 Å². The molecule has 0 saturated heterocycles. The van der Waals surface area contributed by atoms with Crippen LogP contribution in [0.1, 0.15) is 42.6 Å². The highest BCUT2D eigenvalue weighted by atomic mass is 16.2. The molecule has 1 fully saturated rings. The van der Waals surface area contributed by atoms with Gasteiger partial charge in [-0.3, -0.25) is 9.59 Å². The molecule has 4 heteroatoms. The summed E-state index contributed by atoms with van der Waals surface area (Å²) in [6.45, 7) is 4.95. The summed E-state index contributed by atoms with van der Waals surface area (Å²) in [5.41, 5.74) is 2.43. The van der Waals surface area contributed by atoms with Crippen molar-refractivity contribution in [1.29, 1.82) is 0 Å². The van der Waals surface area contributed by atoms with Crippen molar-refractivity contribution in [3.63, 3.8) is 0 Å². The number of carbonyl (C=O) groups is 2. The van der Waals surface area contributed by atoms with Gasteiger partial charge in [-0.1, -0.05) is 6.07 Å². The molecule has 1 N–H and O–H groups in total. The second-order valence-corrected chi connectivity index (χ2v) is 6.09. The molecule has 1 aliphatic carbocycles. The Kier molecular flexibility index (Phi) is 3.24. The smallest absolute Gasteiger partial charge is 0.254 e. The van der Waals surface area contributed by atoms with Crippen molar-refractivity contribution in [1.82, 2.24) is 4.90 Å². The molecule has 1 aromatic carbocycles. The van der Waals surface area contributed by atoms with E-state index in [1.54, 1.807) is 0 Å². The zero-order valence-corrected chi connectivity index (χ0v) is 12.0. The average Bonchev–Trinajstić information content (AvgIpc) is 3.14. The summed E-state index contributed by atoms with van der Waals surface area (Å²) >= 11 is 0. The van der Waals surface area contributed by atoms with Gasteiger partial charge in [0.15, 0.2) is 0 Å². The van der Waals surface area contributed by atoms with Crippen molar-refractivity contribution in [2.24, 2.45) is 5.92 Å². The van der Waals surface area contributed by atoms with Crippen LogP contribution < -0.4 is 5.32 Å². The average molecular weight is 272 g/mol.